The van der Waals surface area contributed by atoms with Gasteiger partial charge in [0.2, 0.25) is 0 Å². The third kappa shape index (κ3) is 4.41. The standard InChI is InChI=1S/C16H28O/c1-8-11-15(12(4)9-2)14(6)16(17-7)13(5)10-3/h10H,8-9,11H2,1-7H3/b13-10-,15-12-,16-14+. The molecule has 0 saturated carbocycles. The molecule has 0 aliphatic carbocycles. The second kappa shape index (κ2) is 8.16. The summed E-state index contributed by atoms with van der Waals surface area (Å²) in [6.45, 7) is 13.0. The lowest BCUT2D eigenvalue weighted by molar-refractivity contribution is 0.296. The molecule has 0 bridgehead atoms. The van der Waals surface area contributed by atoms with Gasteiger partial charge in [-0.2, -0.15) is 0 Å². The smallest absolute Gasteiger partial charge is 0.124 e. The average molecular weight is 236 g/mol. The van der Waals surface area contributed by atoms with Crippen LogP contribution in [0.1, 0.15) is 60.8 Å². The highest BCUT2D eigenvalue weighted by Gasteiger charge is 2.11. The highest BCUT2D eigenvalue weighted by atomic mass is 16.5. The fourth-order valence-electron chi connectivity index (χ4n) is 2.06. The molecule has 0 heterocycles. The van der Waals surface area contributed by atoms with Gasteiger partial charge in [-0.3, -0.25) is 0 Å². The molecular formula is C16H28O. The largest absolute Gasteiger partial charge is 0.496 e. The summed E-state index contributed by atoms with van der Waals surface area (Å²) in [4.78, 5) is 0. The van der Waals surface area contributed by atoms with E-state index in [1.807, 2.05) is 0 Å². The Morgan fingerprint density at radius 3 is 2.06 bits per heavy atom. The van der Waals surface area contributed by atoms with Gasteiger partial charge in [0.1, 0.15) is 5.76 Å². The van der Waals surface area contributed by atoms with E-state index in [2.05, 4.69) is 47.6 Å². The van der Waals surface area contributed by atoms with Crippen LogP contribution in [0.25, 0.3) is 0 Å². The second-order valence-corrected chi connectivity index (χ2v) is 4.49. The Labute approximate surface area is 107 Å². The molecule has 0 aliphatic rings. The van der Waals surface area contributed by atoms with Gasteiger partial charge >= 0.3 is 0 Å². The summed E-state index contributed by atoms with van der Waals surface area (Å²) in [6.07, 6.45) is 5.52. The summed E-state index contributed by atoms with van der Waals surface area (Å²) < 4.78 is 5.56. The van der Waals surface area contributed by atoms with E-state index in [0.29, 0.717) is 0 Å². The molecule has 0 atom stereocenters. The minimum absolute atomic E-state index is 1.03. The van der Waals surface area contributed by atoms with E-state index in [9.17, 15) is 0 Å². The van der Waals surface area contributed by atoms with E-state index >= 15 is 0 Å². The quantitative estimate of drug-likeness (QED) is 0.443. The van der Waals surface area contributed by atoms with Crippen molar-refractivity contribution in [2.24, 2.45) is 0 Å². The van der Waals surface area contributed by atoms with Crippen molar-refractivity contribution in [1.82, 2.24) is 0 Å². The van der Waals surface area contributed by atoms with E-state index in [1.54, 1.807) is 7.11 Å². The van der Waals surface area contributed by atoms with Crippen molar-refractivity contribution < 1.29 is 4.74 Å². The maximum absolute atomic E-state index is 5.56. The van der Waals surface area contributed by atoms with Gasteiger partial charge in [0, 0.05) is 0 Å². The number of hydrogen-bond donors (Lipinski definition) is 0. The Balaban J connectivity index is 5.59. The van der Waals surface area contributed by atoms with E-state index in [-0.39, 0.29) is 0 Å². The number of methoxy groups -OCH3 is 1. The first-order valence-electron chi connectivity index (χ1n) is 6.60. The number of ether oxygens (including phenoxy) is 1. The lowest BCUT2D eigenvalue weighted by atomic mass is 9.94. The van der Waals surface area contributed by atoms with E-state index in [4.69, 9.17) is 4.74 Å². The zero-order valence-electron chi connectivity index (χ0n) is 12.6. The van der Waals surface area contributed by atoms with E-state index in [1.165, 1.54) is 28.7 Å². The molecule has 0 spiro atoms. The van der Waals surface area contributed by atoms with Gasteiger partial charge in [0.25, 0.3) is 0 Å². The minimum Gasteiger partial charge on any atom is -0.496 e. The molecule has 1 nitrogen and oxygen atoms in total. The highest BCUT2D eigenvalue weighted by Crippen LogP contribution is 2.27. The normalized spacial score (nSPS) is 15.4. The molecule has 1 heteroatoms. The zero-order chi connectivity index (χ0) is 13.4. The third-order valence-corrected chi connectivity index (χ3v) is 3.33. The van der Waals surface area contributed by atoms with Gasteiger partial charge in [-0.15, -0.1) is 0 Å². The van der Waals surface area contributed by atoms with Crippen LogP contribution in [-0.4, -0.2) is 7.11 Å². The number of allylic oxidation sites excluding steroid dienone is 5. The molecule has 0 amide bonds. The first-order valence-corrected chi connectivity index (χ1v) is 6.60. The van der Waals surface area contributed by atoms with Gasteiger partial charge < -0.3 is 4.74 Å². The van der Waals surface area contributed by atoms with Crippen molar-refractivity contribution in [1.29, 1.82) is 0 Å². The second-order valence-electron chi connectivity index (χ2n) is 4.49. The molecule has 0 aromatic carbocycles. The lowest BCUT2D eigenvalue weighted by Gasteiger charge is -2.16. The molecule has 17 heavy (non-hydrogen) atoms. The van der Waals surface area contributed by atoms with Crippen molar-refractivity contribution in [2.75, 3.05) is 7.11 Å². The van der Waals surface area contributed by atoms with Crippen molar-refractivity contribution >= 4 is 0 Å². The molecule has 0 aliphatic heterocycles. The van der Waals surface area contributed by atoms with Crippen LogP contribution in [-0.2, 0) is 4.74 Å². The van der Waals surface area contributed by atoms with Gasteiger partial charge in [-0.05, 0) is 57.3 Å². The summed E-state index contributed by atoms with van der Waals surface area (Å²) in [5.74, 6) is 1.03. The Kier molecular flexibility index (Phi) is 7.69. The molecule has 0 radical (unpaired) electrons. The predicted octanol–water partition coefficient (Wildman–Crippen LogP) is 5.40. The van der Waals surface area contributed by atoms with Crippen LogP contribution in [0.15, 0.2) is 34.1 Å². The van der Waals surface area contributed by atoms with E-state index in [0.717, 1.165) is 18.6 Å². The van der Waals surface area contributed by atoms with E-state index < -0.39 is 0 Å². The molecule has 0 aromatic rings. The summed E-state index contributed by atoms with van der Waals surface area (Å²) in [5.41, 5.74) is 5.45. The van der Waals surface area contributed by atoms with Crippen molar-refractivity contribution in [3.05, 3.63) is 34.1 Å². The maximum atomic E-state index is 5.56. The fourth-order valence-corrected chi connectivity index (χ4v) is 2.06. The van der Waals surface area contributed by atoms with Crippen LogP contribution in [0.4, 0.5) is 0 Å². The summed E-state index contributed by atoms with van der Waals surface area (Å²) in [6, 6.07) is 0. The molecular weight excluding hydrogens is 208 g/mol. The topological polar surface area (TPSA) is 9.23 Å². The molecule has 0 aromatic heterocycles. The Morgan fingerprint density at radius 2 is 1.71 bits per heavy atom. The Hall–Kier alpha value is -0.980. The number of rotatable bonds is 6. The van der Waals surface area contributed by atoms with Crippen LogP contribution in [0.5, 0.6) is 0 Å². The van der Waals surface area contributed by atoms with Gasteiger partial charge in [0.05, 0.1) is 7.11 Å². The summed E-state index contributed by atoms with van der Waals surface area (Å²) >= 11 is 0. The molecule has 0 N–H and O–H groups in total. The molecule has 0 saturated heterocycles. The minimum atomic E-state index is 1.03. The van der Waals surface area contributed by atoms with Crippen LogP contribution in [0.3, 0.4) is 0 Å². The van der Waals surface area contributed by atoms with Gasteiger partial charge in [-0.1, -0.05) is 31.9 Å². The third-order valence-electron chi connectivity index (χ3n) is 3.33. The molecule has 0 rings (SSSR count). The fraction of sp³-hybridized carbons (Fsp3) is 0.625. The average Bonchev–Trinajstić information content (AvgIpc) is 2.35. The van der Waals surface area contributed by atoms with Crippen LogP contribution in [0.2, 0.25) is 0 Å². The lowest BCUT2D eigenvalue weighted by Crippen LogP contribution is -1.99. The van der Waals surface area contributed by atoms with Crippen molar-refractivity contribution in [2.45, 2.75) is 60.8 Å². The Bertz CT molecular complexity index is 329. The predicted molar refractivity (Wildman–Crippen MR) is 77.0 cm³/mol. The first-order chi connectivity index (χ1) is 8.03. The van der Waals surface area contributed by atoms with Crippen LogP contribution in [0, 0.1) is 0 Å². The Morgan fingerprint density at radius 1 is 1.12 bits per heavy atom. The highest BCUT2D eigenvalue weighted by molar-refractivity contribution is 5.41. The molecule has 0 fully saturated rings. The van der Waals surface area contributed by atoms with Gasteiger partial charge in [0.15, 0.2) is 0 Å². The number of hydrogen-bond acceptors (Lipinski definition) is 1. The monoisotopic (exact) mass is 236 g/mol. The van der Waals surface area contributed by atoms with Gasteiger partial charge in [-0.25, -0.2) is 0 Å². The summed E-state index contributed by atoms with van der Waals surface area (Å²) in [7, 11) is 1.76. The SMILES string of the molecule is C\C=C(C)/C(OC)=C(C)\C(CCC)=C(\C)CC. The van der Waals surface area contributed by atoms with Crippen LogP contribution >= 0.6 is 0 Å². The van der Waals surface area contributed by atoms with Crippen LogP contribution < -0.4 is 0 Å². The van der Waals surface area contributed by atoms with Crippen molar-refractivity contribution in [3.63, 3.8) is 0 Å². The molecule has 98 valence electrons. The maximum Gasteiger partial charge on any atom is 0.124 e. The van der Waals surface area contributed by atoms with Crippen molar-refractivity contribution in [3.8, 4) is 0 Å². The molecule has 0 unspecified atom stereocenters. The summed E-state index contributed by atoms with van der Waals surface area (Å²) in [5, 5.41) is 0. The first kappa shape index (κ1) is 16.0. The zero-order valence-corrected chi connectivity index (χ0v) is 12.6.